The topological polar surface area (TPSA) is 4.93 Å². The number of hydrogen-bond donors (Lipinski definition) is 0. The zero-order valence-electron chi connectivity index (χ0n) is 8.76. The molecule has 1 heteroatoms. The van der Waals surface area contributed by atoms with E-state index in [4.69, 9.17) is 0 Å². The van der Waals surface area contributed by atoms with Gasteiger partial charge in [0.2, 0.25) is 0 Å². The number of aromatic nitrogens is 1. The molecule has 0 atom stereocenters. The quantitative estimate of drug-likeness (QED) is 0.602. The molecule has 0 aliphatic carbocycles. The standard InChI is InChI=1S/C11H19N/c1-10(2,3)11(4,5)12-8-6-7-9-12/h6-9H,1-5H3. The lowest BCUT2D eigenvalue weighted by molar-refractivity contribution is 0.140. The Bertz CT molecular complexity index is 236. The van der Waals surface area contributed by atoms with Crippen LogP contribution in [-0.2, 0) is 5.54 Å². The second-order valence-corrected chi connectivity index (χ2v) is 4.90. The van der Waals surface area contributed by atoms with Crippen LogP contribution in [0, 0.1) is 5.41 Å². The summed E-state index contributed by atoms with van der Waals surface area (Å²) in [6.07, 6.45) is 4.26. The highest BCUT2D eigenvalue weighted by atomic mass is 15.0. The van der Waals surface area contributed by atoms with E-state index in [1.807, 2.05) is 0 Å². The highest BCUT2D eigenvalue weighted by Crippen LogP contribution is 2.36. The first-order valence-electron chi connectivity index (χ1n) is 4.49. The van der Waals surface area contributed by atoms with Crippen molar-refractivity contribution >= 4 is 0 Å². The van der Waals surface area contributed by atoms with Gasteiger partial charge in [0.25, 0.3) is 0 Å². The van der Waals surface area contributed by atoms with Crippen LogP contribution >= 0.6 is 0 Å². The Morgan fingerprint density at radius 1 is 0.833 bits per heavy atom. The predicted molar refractivity (Wildman–Crippen MR) is 53.2 cm³/mol. The Kier molecular flexibility index (Phi) is 2.07. The molecule has 12 heavy (non-hydrogen) atoms. The molecule has 0 bridgehead atoms. The van der Waals surface area contributed by atoms with Gasteiger partial charge in [-0.3, -0.25) is 0 Å². The first-order chi connectivity index (χ1) is 5.36. The van der Waals surface area contributed by atoms with Crippen LogP contribution in [0.1, 0.15) is 34.6 Å². The van der Waals surface area contributed by atoms with Gasteiger partial charge in [0.15, 0.2) is 0 Å². The lowest BCUT2D eigenvalue weighted by Gasteiger charge is -2.40. The summed E-state index contributed by atoms with van der Waals surface area (Å²) in [4.78, 5) is 0. The summed E-state index contributed by atoms with van der Waals surface area (Å²) in [5.41, 5.74) is 0.461. The minimum atomic E-state index is 0.177. The largest absolute Gasteiger partial charge is 0.348 e. The van der Waals surface area contributed by atoms with E-state index in [1.165, 1.54) is 0 Å². The number of rotatable bonds is 1. The first kappa shape index (κ1) is 9.37. The van der Waals surface area contributed by atoms with E-state index >= 15 is 0 Å². The van der Waals surface area contributed by atoms with E-state index in [-0.39, 0.29) is 11.0 Å². The van der Waals surface area contributed by atoms with Crippen LogP contribution in [0.3, 0.4) is 0 Å². The van der Waals surface area contributed by atoms with Crippen LogP contribution in [0.15, 0.2) is 24.5 Å². The summed E-state index contributed by atoms with van der Waals surface area (Å²) in [7, 11) is 0. The molecule has 1 rings (SSSR count). The third kappa shape index (κ3) is 1.40. The molecular formula is C11H19N. The van der Waals surface area contributed by atoms with Crippen molar-refractivity contribution in [2.45, 2.75) is 40.2 Å². The second-order valence-electron chi connectivity index (χ2n) is 4.90. The summed E-state index contributed by atoms with van der Waals surface area (Å²) >= 11 is 0. The summed E-state index contributed by atoms with van der Waals surface area (Å²) in [5, 5.41) is 0. The summed E-state index contributed by atoms with van der Waals surface area (Å²) in [5.74, 6) is 0. The van der Waals surface area contributed by atoms with Crippen LogP contribution in [0.5, 0.6) is 0 Å². The molecular weight excluding hydrogens is 146 g/mol. The number of hydrogen-bond acceptors (Lipinski definition) is 0. The van der Waals surface area contributed by atoms with Gasteiger partial charge in [-0.1, -0.05) is 20.8 Å². The normalized spacial score (nSPS) is 13.4. The van der Waals surface area contributed by atoms with Gasteiger partial charge in [-0.05, 0) is 31.4 Å². The maximum atomic E-state index is 2.27. The minimum absolute atomic E-state index is 0.177. The summed E-state index contributed by atoms with van der Waals surface area (Å²) in [6, 6.07) is 4.15. The van der Waals surface area contributed by atoms with E-state index in [0.717, 1.165) is 0 Å². The minimum Gasteiger partial charge on any atom is -0.348 e. The lowest BCUT2D eigenvalue weighted by Crippen LogP contribution is -2.39. The zero-order chi connectivity index (χ0) is 9.41. The van der Waals surface area contributed by atoms with Crippen molar-refractivity contribution in [2.75, 3.05) is 0 Å². The highest BCUT2D eigenvalue weighted by Gasteiger charge is 2.33. The van der Waals surface area contributed by atoms with E-state index < -0.39 is 0 Å². The van der Waals surface area contributed by atoms with Crippen molar-refractivity contribution in [3.63, 3.8) is 0 Å². The Balaban J connectivity index is 3.02. The van der Waals surface area contributed by atoms with Crippen molar-refractivity contribution in [3.8, 4) is 0 Å². The van der Waals surface area contributed by atoms with E-state index in [1.54, 1.807) is 0 Å². The van der Waals surface area contributed by atoms with E-state index in [0.29, 0.717) is 0 Å². The van der Waals surface area contributed by atoms with Crippen LogP contribution in [0.2, 0.25) is 0 Å². The predicted octanol–water partition coefficient (Wildman–Crippen LogP) is 3.27. The number of nitrogens with zero attached hydrogens (tertiary/aromatic N) is 1. The Hall–Kier alpha value is -0.720. The van der Waals surface area contributed by atoms with Crippen LogP contribution < -0.4 is 0 Å². The monoisotopic (exact) mass is 165 g/mol. The average molecular weight is 165 g/mol. The van der Waals surface area contributed by atoms with Gasteiger partial charge < -0.3 is 4.57 Å². The summed E-state index contributed by atoms with van der Waals surface area (Å²) in [6.45, 7) is 11.4. The average Bonchev–Trinajstić information content (AvgIpc) is 2.34. The molecule has 0 fully saturated rings. The van der Waals surface area contributed by atoms with Crippen molar-refractivity contribution in [3.05, 3.63) is 24.5 Å². The van der Waals surface area contributed by atoms with E-state index in [9.17, 15) is 0 Å². The lowest BCUT2D eigenvalue weighted by atomic mass is 9.76. The van der Waals surface area contributed by atoms with E-state index in [2.05, 4.69) is 63.7 Å². The smallest absolute Gasteiger partial charge is 0.0431 e. The fourth-order valence-corrected chi connectivity index (χ4v) is 1.09. The third-order valence-corrected chi connectivity index (χ3v) is 3.09. The van der Waals surface area contributed by atoms with Crippen LogP contribution in [0.25, 0.3) is 0 Å². The molecule has 0 aliphatic rings. The van der Waals surface area contributed by atoms with Crippen molar-refractivity contribution < 1.29 is 0 Å². The van der Waals surface area contributed by atoms with Gasteiger partial charge >= 0.3 is 0 Å². The van der Waals surface area contributed by atoms with Gasteiger partial charge in [0.1, 0.15) is 0 Å². The molecule has 0 aromatic carbocycles. The molecule has 1 heterocycles. The zero-order valence-corrected chi connectivity index (χ0v) is 8.76. The molecule has 1 aromatic rings. The molecule has 68 valence electrons. The van der Waals surface area contributed by atoms with Gasteiger partial charge in [-0.15, -0.1) is 0 Å². The third-order valence-electron chi connectivity index (χ3n) is 3.09. The van der Waals surface area contributed by atoms with Crippen molar-refractivity contribution in [1.82, 2.24) is 4.57 Å². The summed E-state index contributed by atoms with van der Waals surface area (Å²) < 4.78 is 2.27. The van der Waals surface area contributed by atoms with Gasteiger partial charge in [-0.25, -0.2) is 0 Å². The first-order valence-corrected chi connectivity index (χ1v) is 4.49. The molecule has 0 amide bonds. The molecule has 1 nitrogen and oxygen atoms in total. The molecule has 0 aliphatic heterocycles. The van der Waals surface area contributed by atoms with Gasteiger partial charge in [0.05, 0.1) is 0 Å². The molecule has 0 saturated carbocycles. The molecule has 0 spiro atoms. The van der Waals surface area contributed by atoms with Crippen molar-refractivity contribution in [2.24, 2.45) is 5.41 Å². The van der Waals surface area contributed by atoms with Gasteiger partial charge in [-0.2, -0.15) is 0 Å². The van der Waals surface area contributed by atoms with Gasteiger partial charge in [0, 0.05) is 17.9 Å². The SMILES string of the molecule is CC(C)(C)C(C)(C)n1cccc1. The van der Waals surface area contributed by atoms with Crippen molar-refractivity contribution in [1.29, 1.82) is 0 Å². The Morgan fingerprint density at radius 3 is 1.58 bits per heavy atom. The molecule has 0 N–H and O–H groups in total. The molecule has 0 saturated heterocycles. The Morgan fingerprint density at radius 2 is 1.25 bits per heavy atom. The Labute approximate surface area is 75.4 Å². The maximum Gasteiger partial charge on any atom is 0.0431 e. The fraction of sp³-hybridized carbons (Fsp3) is 0.636. The van der Waals surface area contributed by atoms with Crippen LogP contribution in [-0.4, -0.2) is 4.57 Å². The molecule has 0 unspecified atom stereocenters. The highest BCUT2D eigenvalue weighted by molar-refractivity contribution is 4.99. The second kappa shape index (κ2) is 2.65. The maximum absolute atomic E-state index is 2.27. The van der Waals surface area contributed by atoms with Crippen LogP contribution in [0.4, 0.5) is 0 Å². The fourth-order valence-electron chi connectivity index (χ4n) is 1.09. The molecule has 1 aromatic heterocycles. The molecule has 0 radical (unpaired) electrons.